The molecule has 0 unspecified atom stereocenters. The normalized spacial score (nSPS) is 16.7. The van der Waals surface area contributed by atoms with Crippen molar-refractivity contribution in [1.29, 1.82) is 0 Å². The van der Waals surface area contributed by atoms with Gasteiger partial charge in [0.05, 0.1) is 12.2 Å². The van der Waals surface area contributed by atoms with Crippen LogP contribution in [-0.4, -0.2) is 67.6 Å². The van der Waals surface area contributed by atoms with Gasteiger partial charge in [-0.25, -0.2) is 0 Å². The fourth-order valence-corrected chi connectivity index (χ4v) is 4.72. The lowest BCUT2D eigenvalue weighted by Gasteiger charge is -2.35. The Kier molecular flexibility index (Phi) is 9.13. The third-order valence-electron chi connectivity index (χ3n) is 7.50. The van der Waals surface area contributed by atoms with Gasteiger partial charge in [-0.15, -0.1) is 0 Å². The highest BCUT2D eigenvalue weighted by Crippen LogP contribution is 2.29. The Morgan fingerprint density at radius 3 is 2.32 bits per heavy atom. The van der Waals surface area contributed by atoms with Crippen molar-refractivity contribution in [2.75, 3.05) is 45.9 Å². The largest absolute Gasteiger partial charge is 0.493 e. The molecule has 1 aliphatic heterocycles. The third-order valence-corrected chi connectivity index (χ3v) is 7.50. The molecule has 1 aliphatic carbocycles. The summed E-state index contributed by atoms with van der Waals surface area (Å²) in [6.45, 7) is 9.62. The van der Waals surface area contributed by atoms with Crippen LogP contribution in [0, 0.1) is 13.8 Å². The lowest BCUT2D eigenvalue weighted by molar-refractivity contribution is -0.137. The number of hydrogen-bond acceptors (Lipinski definition) is 4. The van der Waals surface area contributed by atoms with Crippen molar-refractivity contribution in [2.45, 2.75) is 58.2 Å². The Balaban J connectivity index is 1.19. The number of piperazine rings is 1. The summed E-state index contributed by atoms with van der Waals surface area (Å²) in [6.07, 6.45) is 1.35. The summed E-state index contributed by atoms with van der Waals surface area (Å²) in [5.74, 6) is 0.751. The number of hydrogen-bond donors (Lipinski definition) is 1. The van der Waals surface area contributed by atoms with Gasteiger partial charge < -0.3 is 15.0 Å². The summed E-state index contributed by atoms with van der Waals surface area (Å²) in [5.41, 5.74) is 3.33. The number of benzene rings is 2. The van der Waals surface area contributed by atoms with Gasteiger partial charge >= 0.3 is 6.18 Å². The van der Waals surface area contributed by atoms with E-state index >= 15 is 0 Å². The zero-order chi connectivity index (χ0) is 26.4. The van der Waals surface area contributed by atoms with Crippen molar-refractivity contribution < 1.29 is 22.7 Å². The predicted molar refractivity (Wildman–Crippen MR) is 139 cm³/mol. The van der Waals surface area contributed by atoms with Crippen LogP contribution >= 0.6 is 0 Å². The molecule has 1 heterocycles. The number of unbranched alkanes of at least 4 members (excludes halogenated alkanes) is 1. The van der Waals surface area contributed by atoms with Crippen LogP contribution in [0.4, 0.5) is 13.2 Å². The van der Waals surface area contributed by atoms with Crippen LogP contribution < -0.4 is 10.1 Å². The third kappa shape index (κ3) is 7.71. The SMILES string of the molecule is Cc1c(CCN2CCN(C(=O)c3ccc(C(F)(F)F)cc3)CC2)ccc(OCCCCNC2CC2)c1C. The molecule has 0 spiro atoms. The summed E-state index contributed by atoms with van der Waals surface area (Å²) >= 11 is 0. The van der Waals surface area contributed by atoms with Gasteiger partial charge in [0.1, 0.15) is 5.75 Å². The zero-order valence-electron chi connectivity index (χ0n) is 21.9. The van der Waals surface area contributed by atoms with E-state index < -0.39 is 11.7 Å². The lowest BCUT2D eigenvalue weighted by atomic mass is 9.99. The molecule has 2 aliphatic rings. The Bertz CT molecular complexity index is 1040. The highest BCUT2D eigenvalue weighted by atomic mass is 19.4. The van der Waals surface area contributed by atoms with E-state index in [-0.39, 0.29) is 5.91 Å². The lowest BCUT2D eigenvalue weighted by Crippen LogP contribution is -2.49. The van der Waals surface area contributed by atoms with Gasteiger partial charge in [0.25, 0.3) is 5.91 Å². The molecule has 1 amide bonds. The quantitative estimate of drug-likeness (QED) is 0.415. The van der Waals surface area contributed by atoms with E-state index in [9.17, 15) is 18.0 Å². The summed E-state index contributed by atoms with van der Waals surface area (Å²) in [4.78, 5) is 16.8. The van der Waals surface area contributed by atoms with Crippen LogP contribution in [-0.2, 0) is 12.6 Å². The van der Waals surface area contributed by atoms with Crippen molar-refractivity contribution in [2.24, 2.45) is 0 Å². The van der Waals surface area contributed by atoms with Crippen molar-refractivity contribution in [3.05, 3.63) is 64.2 Å². The van der Waals surface area contributed by atoms with Crippen LogP contribution in [0.3, 0.4) is 0 Å². The summed E-state index contributed by atoms with van der Waals surface area (Å²) < 4.78 is 44.4. The predicted octanol–water partition coefficient (Wildman–Crippen LogP) is 5.23. The molecule has 202 valence electrons. The Hall–Kier alpha value is -2.58. The number of nitrogens with zero attached hydrogens (tertiary/aromatic N) is 2. The molecule has 1 saturated heterocycles. The standard InChI is InChI=1S/C29H38F3N3O2/c1-21-22(2)27(37-20-4-3-14-33-26-10-11-26)12-7-23(21)13-15-34-16-18-35(19-17-34)28(36)24-5-8-25(9-6-24)29(30,31)32/h5-9,12,26,33H,3-4,10-11,13-20H2,1-2H3. The van der Waals surface area contributed by atoms with Gasteiger partial charge in [-0.1, -0.05) is 6.07 Å². The number of halogens is 3. The first kappa shape index (κ1) is 27.5. The van der Waals surface area contributed by atoms with E-state index in [0.717, 1.165) is 76.0 Å². The van der Waals surface area contributed by atoms with Crippen molar-refractivity contribution >= 4 is 5.91 Å². The van der Waals surface area contributed by atoms with Crippen LogP contribution in [0.25, 0.3) is 0 Å². The number of alkyl halides is 3. The van der Waals surface area contributed by atoms with Gasteiger partial charge in [0, 0.05) is 44.3 Å². The van der Waals surface area contributed by atoms with Gasteiger partial charge in [-0.3, -0.25) is 9.69 Å². The number of carbonyl (C=O) groups excluding carboxylic acids is 1. The second-order valence-electron chi connectivity index (χ2n) is 10.2. The number of rotatable bonds is 11. The van der Waals surface area contributed by atoms with Crippen molar-refractivity contribution in [3.8, 4) is 5.75 Å². The minimum absolute atomic E-state index is 0.213. The zero-order valence-corrected chi connectivity index (χ0v) is 21.9. The first-order chi connectivity index (χ1) is 17.7. The molecule has 0 bridgehead atoms. The first-order valence-corrected chi connectivity index (χ1v) is 13.4. The molecule has 0 radical (unpaired) electrons. The molecule has 2 fully saturated rings. The molecule has 1 saturated carbocycles. The maximum atomic E-state index is 12.8. The molecular formula is C29H38F3N3O2. The van der Waals surface area contributed by atoms with E-state index in [1.54, 1.807) is 4.90 Å². The molecule has 8 heteroatoms. The molecule has 0 aromatic heterocycles. The van der Waals surface area contributed by atoms with Crippen LogP contribution in [0.1, 0.15) is 58.3 Å². The highest BCUT2D eigenvalue weighted by Gasteiger charge is 2.30. The van der Waals surface area contributed by atoms with Gasteiger partial charge in [-0.05, 0) is 99.5 Å². The molecule has 2 aromatic carbocycles. The smallest absolute Gasteiger partial charge is 0.416 e. The molecule has 4 rings (SSSR count). The maximum absolute atomic E-state index is 12.8. The maximum Gasteiger partial charge on any atom is 0.416 e. The van der Waals surface area contributed by atoms with E-state index in [4.69, 9.17) is 4.74 Å². The molecule has 0 atom stereocenters. The minimum atomic E-state index is -4.40. The topological polar surface area (TPSA) is 44.8 Å². The van der Waals surface area contributed by atoms with E-state index in [1.165, 1.54) is 41.7 Å². The number of ether oxygens (including phenoxy) is 1. The second kappa shape index (κ2) is 12.3. The number of nitrogens with one attached hydrogen (secondary N) is 1. The number of amides is 1. The monoisotopic (exact) mass is 517 g/mol. The first-order valence-electron chi connectivity index (χ1n) is 13.4. The fraction of sp³-hybridized carbons (Fsp3) is 0.552. The van der Waals surface area contributed by atoms with Crippen LogP contribution in [0.15, 0.2) is 36.4 Å². The van der Waals surface area contributed by atoms with Gasteiger partial charge in [-0.2, -0.15) is 13.2 Å². The van der Waals surface area contributed by atoms with E-state index in [0.29, 0.717) is 18.7 Å². The fourth-order valence-electron chi connectivity index (χ4n) is 4.72. The summed E-state index contributed by atoms with van der Waals surface area (Å²) in [6, 6.07) is 9.48. The van der Waals surface area contributed by atoms with Crippen molar-refractivity contribution in [3.63, 3.8) is 0 Å². The van der Waals surface area contributed by atoms with Crippen molar-refractivity contribution in [1.82, 2.24) is 15.1 Å². The molecule has 37 heavy (non-hydrogen) atoms. The average molecular weight is 518 g/mol. The molecule has 2 aromatic rings. The molecule has 5 nitrogen and oxygen atoms in total. The minimum Gasteiger partial charge on any atom is -0.493 e. The molecular weight excluding hydrogens is 479 g/mol. The van der Waals surface area contributed by atoms with Crippen LogP contribution in [0.2, 0.25) is 0 Å². The van der Waals surface area contributed by atoms with E-state index in [2.05, 4.69) is 36.2 Å². The summed E-state index contributed by atoms with van der Waals surface area (Å²) in [5, 5.41) is 3.53. The second-order valence-corrected chi connectivity index (χ2v) is 10.2. The Labute approximate surface area is 218 Å². The average Bonchev–Trinajstić information content (AvgIpc) is 3.72. The van der Waals surface area contributed by atoms with Gasteiger partial charge in [0.2, 0.25) is 0 Å². The Morgan fingerprint density at radius 1 is 0.973 bits per heavy atom. The highest BCUT2D eigenvalue weighted by molar-refractivity contribution is 5.94. The van der Waals surface area contributed by atoms with Gasteiger partial charge in [0.15, 0.2) is 0 Å². The Morgan fingerprint density at radius 2 is 1.68 bits per heavy atom. The number of carbonyl (C=O) groups is 1. The molecule has 1 N–H and O–H groups in total. The van der Waals surface area contributed by atoms with Crippen LogP contribution in [0.5, 0.6) is 5.75 Å². The van der Waals surface area contributed by atoms with E-state index in [1.807, 2.05) is 0 Å². The summed E-state index contributed by atoms with van der Waals surface area (Å²) in [7, 11) is 0.